The first-order valence-corrected chi connectivity index (χ1v) is 9.55. The Morgan fingerprint density at radius 1 is 1.19 bits per heavy atom. The maximum Gasteiger partial charge on any atom is 0.240 e. The van der Waals surface area contributed by atoms with E-state index < -0.39 is 11.9 Å². The lowest BCUT2D eigenvalue weighted by Crippen LogP contribution is -2.40. The van der Waals surface area contributed by atoms with Gasteiger partial charge in [-0.3, -0.25) is 9.59 Å². The van der Waals surface area contributed by atoms with Crippen LogP contribution in [-0.2, 0) is 16.1 Å². The zero-order valence-electron chi connectivity index (χ0n) is 15.9. The number of hydrogen-bond donors (Lipinski definition) is 3. The lowest BCUT2D eigenvalue weighted by atomic mass is 10.0. The summed E-state index contributed by atoms with van der Waals surface area (Å²) in [4.78, 5) is 33.2. The van der Waals surface area contributed by atoms with E-state index in [4.69, 9.17) is 5.73 Å². The number of nitrogens with one attached hydrogen (secondary N) is 2. The van der Waals surface area contributed by atoms with Gasteiger partial charge in [-0.05, 0) is 30.9 Å². The van der Waals surface area contributed by atoms with Crippen LogP contribution in [0.4, 0.5) is 5.82 Å². The molecule has 1 heterocycles. The van der Waals surface area contributed by atoms with E-state index in [9.17, 15) is 9.59 Å². The first-order chi connectivity index (χ1) is 13.0. The number of para-hydroxylation sites is 1. The Morgan fingerprint density at radius 2 is 1.89 bits per heavy atom. The number of anilines is 1. The van der Waals surface area contributed by atoms with Crippen LogP contribution in [0, 0.1) is 11.8 Å². The van der Waals surface area contributed by atoms with Crippen LogP contribution in [-0.4, -0.2) is 27.8 Å². The normalized spacial score (nSPS) is 15.8. The Morgan fingerprint density at radius 3 is 2.56 bits per heavy atom. The second-order valence-electron chi connectivity index (χ2n) is 7.47. The lowest BCUT2D eigenvalue weighted by Gasteiger charge is -2.21. The summed E-state index contributed by atoms with van der Waals surface area (Å²) in [5, 5.41) is 6.93. The minimum Gasteiger partial charge on any atom is -0.368 e. The van der Waals surface area contributed by atoms with Gasteiger partial charge in [0.05, 0.1) is 12.1 Å². The average Bonchev–Trinajstić information content (AvgIpc) is 3.18. The Bertz CT molecular complexity index is 830. The summed E-state index contributed by atoms with van der Waals surface area (Å²) in [7, 11) is 0. The van der Waals surface area contributed by atoms with E-state index in [2.05, 4.69) is 20.6 Å². The highest BCUT2D eigenvalue weighted by Crippen LogP contribution is 2.25. The van der Waals surface area contributed by atoms with Crippen molar-refractivity contribution in [2.75, 3.05) is 5.32 Å². The van der Waals surface area contributed by atoms with Crippen molar-refractivity contribution in [3.63, 3.8) is 0 Å². The zero-order valence-corrected chi connectivity index (χ0v) is 15.9. The summed E-state index contributed by atoms with van der Waals surface area (Å²) in [5.74, 6) is 0.822. The van der Waals surface area contributed by atoms with Crippen LogP contribution in [0.1, 0.15) is 45.4 Å². The third kappa shape index (κ3) is 4.53. The summed E-state index contributed by atoms with van der Waals surface area (Å²) in [6.45, 7) is 4.11. The van der Waals surface area contributed by atoms with E-state index in [-0.39, 0.29) is 24.3 Å². The van der Waals surface area contributed by atoms with Gasteiger partial charge in [0.2, 0.25) is 11.8 Å². The highest BCUT2D eigenvalue weighted by atomic mass is 16.2. The first-order valence-electron chi connectivity index (χ1n) is 9.55. The molecule has 1 aliphatic rings. The molecule has 2 amide bonds. The van der Waals surface area contributed by atoms with Crippen LogP contribution < -0.4 is 16.4 Å². The van der Waals surface area contributed by atoms with Crippen molar-refractivity contribution in [2.24, 2.45) is 17.6 Å². The maximum atomic E-state index is 12.3. The van der Waals surface area contributed by atoms with Crippen LogP contribution in [0.25, 0.3) is 10.9 Å². The monoisotopic (exact) mass is 369 g/mol. The molecule has 4 N–H and O–H groups in total. The number of amides is 2. The molecule has 2 aromatic rings. The van der Waals surface area contributed by atoms with Crippen molar-refractivity contribution in [2.45, 2.75) is 52.1 Å². The van der Waals surface area contributed by atoms with Gasteiger partial charge in [0.15, 0.2) is 5.82 Å². The fraction of sp³-hybridized carbons (Fsp3) is 0.500. The number of benzene rings is 1. The molecule has 0 radical (unpaired) electrons. The predicted octanol–water partition coefficient (Wildman–Crippen LogP) is 2.36. The van der Waals surface area contributed by atoms with E-state index in [1.165, 1.54) is 0 Å². The van der Waals surface area contributed by atoms with E-state index in [0.717, 1.165) is 36.6 Å². The van der Waals surface area contributed by atoms with Gasteiger partial charge in [-0.1, -0.05) is 38.8 Å². The molecule has 0 aliphatic heterocycles. The standard InChI is InChI=1S/C20H27N5O2/c1-12(2)17(18(21)26)25-19-14-9-5-6-10-15(14)23-16(24-19)11-22-20(27)13-7-3-4-8-13/h5-6,9-10,12-13,17H,3-4,7-8,11H2,1-2H3,(H2,21,26)(H,22,27)(H,23,24,25)/t17-/m0/s1. The van der Waals surface area contributed by atoms with Gasteiger partial charge in [-0.15, -0.1) is 0 Å². The Labute approximate surface area is 159 Å². The average molecular weight is 369 g/mol. The number of nitrogens with two attached hydrogens (primary N) is 1. The number of primary amides is 1. The Hall–Kier alpha value is -2.70. The molecule has 7 nitrogen and oxygen atoms in total. The molecule has 0 unspecified atom stereocenters. The number of rotatable bonds is 7. The summed E-state index contributed by atoms with van der Waals surface area (Å²) < 4.78 is 0. The van der Waals surface area contributed by atoms with Crippen molar-refractivity contribution in [3.8, 4) is 0 Å². The highest BCUT2D eigenvalue weighted by Gasteiger charge is 2.23. The summed E-state index contributed by atoms with van der Waals surface area (Å²) in [5.41, 5.74) is 6.29. The van der Waals surface area contributed by atoms with Crippen LogP contribution in [0.3, 0.4) is 0 Å². The molecule has 0 spiro atoms. The molecule has 0 saturated heterocycles. The van der Waals surface area contributed by atoms with Gasteiger partial charge in [0.1, 0.15) is 11.9 Å². The number of carbonyl (C=O) groups is 2. The second kappa shape index (κ2) is 8.33. The molecular formula is C20H27N5O2. The zero-order chi connectivity index (χ0) is 19.4. The van der Waals surface area contributed by atoms with Crippen LogP contribution in [0.5, 0.6) is 0 Å². The number of nitrogens with zero attached hydrogens (tertiary/aromatic N) is 2. The minimum atomic E-state index is -0.538. The SMILES string of the molecule is CC(C)[C@H](Nc1nc(CNC(=O)C2CCCC2)nc2ccccc12)C(N)=O. The lowest BCUT2D eigenvalue weighted by molar-refractivity contribution is -0.125. The van der Waals surface area contributed by atoms with Crippen molar-refractivity contribution >= 4 is 28.5 Å². The van der Waals surface area contributed by atoms with E-state index in [1.54, 1.807) is 0 Å². The number of hydrogen-bond acceptors (Lipinski definition) is 5. The van der Waals surface area contributed by atoms with Gasteiger partial charge < -0.3 is 16.4 Å². The van der Waals surface area contributed by atoms with Gasteiger partial charge in [0, 0.05) is 11.3 Å². The Kier molecular flexibility index (Phi) is 5.88. The smallest absolute Gasteiger partial charge is 0.240 e. The molecule has 144 valence electrons. The van der Waals surface area contributed by atoms with Gasteiger partial charge in [-0.25, -0.2) is 9.97 Å². The molecule has 1 aromatic carbocycles. The van der Waals surface area contributed by atoms with Gasteiger partial charge in [0.25, 0.3) is 0 Å². The largest absolute Gasteiger partial charge is 0.368 e. The van der Waals surface area contributed by atoms with Crippen molar-refractivity contribution in [3.05, 3.63) is 30.1 Å². The van der Waals surface area contributed by atoms with E-state index in [1.807, 2.05) is 38.1 Å². The molecule has 27 heavy (non-hydrogen) atoms. The third-order valence-electron chi connectivity index (χ3n) is 5.06. The van der Waals surface area contributed by atoms with Crippen LogP contribution in [0.15, 0.2) is 24.3 Å². The second-order valence-corrected chi connectivity index (χ2v) is 7.47. The quantitative estimate of drug-likeness (QED) is 0.694. The van der Waals surface area contributed by atoms with Crippen molar-refractivity contribution in [1.29, 1.82) is 0 Å². The molecule has 1 aromatic heterocycles. The van der Waals surface area contributed by atoms with E-state index >= 15 is 0 Å². The maximum absolute atomic E-state index is 12.3. The minimum absolute atomic E-state index is 0.0155. The number of carbonyl (C=O) groups excluding carboxylic acids is 2. The third-order valence-corrected chi connectivity index (χ3v) is 5.06. The summed E-state index contributed by atoms with van der Waals surface area (Å²) in [6, 6.07) is 7.04. The summed E-state index contributed by atoms with van der Waals surface area (Å²) in [6.07, 6.45) is 4.13. The van der Waals surface area contributed by atoms with Crippen molar-refractivity contribution < 1.29 is 9.59 Å². The molecular weight excluding hydrogens is 342 g/mol. The molecule has 0 bridgehead atoms. The fourth-order valence-corrected chi connectivity index (χ4v) is 3.53. The van der Waals surface area contributed by atoms with Crippen molar-refractivity contribution in [1.82, 2.24) is 15.3 Å². The fourth-order valence-electron chi connectivity index (χ4n) is 3.53. The molecule has 7 heteroatoms. The predicted molar refractivity (Wildman–Crippen MR) is 105 cm³/mol. The molecule has 3 rings (SSSR count). The van der Waals surface area contributed by atoms with Crippen LogP contribution in [0.2, 0.25) is 0 Å². The van der Waals surface area contributed by atoms with E-state index in [0.29, 0.717) is 11.6 Å². The van der Waals surface area contributed by atoms with Gasteiger partial charge in [-0.2, -0.15) is 0 Å². The molecule has 1 aliphatic carbocycles. The Balaban J connectivity index is 1.83. The highest BCUT2D eigenvalue weighted by molar-refractivity contribution is 5.92. The molecule has 1 fully saturated rings. The topological polar surface area (TPSA) is 110 Å². The number of aromatic nitrogens is 2. The van der Waals surface area contributed by atoms with Crippen LogP contribution >= 0.6 is 0 Å². The first kappa shape index (κ1) is 19.1. The molecule has 1 saturated carbocycles. The van der Waals surface area contributed by atoms with Gasteiger partial charge >= 0.3 is 0 Å². The molecule has 1 atom stereocenters. The summed E-state index contributed by atoms with van der Waals surface area (Å²) >= 11 is 0. The number of fused-ring (bicyclic) bond motifs is 1.